The Morgan fingerprint density at radius 3 is 2.38 bits per heavy atom. The molecule has 0 saturated carbocycles. The first-order chi connectivity index (χ1) is 9.77. The number of alkyl halides is 3. The van der Waals surface area contributed by atoms with Crippen molar-refractivity contribution in [2.45, 2.75) is 39.3 Å². The van der Waals surface area contributed by atoms with Gasteiger partial charge >= 0.3 is 12.1 Å². The monoisotopic (exact) mass is 302 g/mol. The van der Waals surface area contributed by atoms with Crippen LogP contribution in [0.25, 0.3) is 5.78 Å². The average molecular weight is 302 g/mol. The minimum Gasteiger partial charge on any atom is -0.481 e. The Morgan fingerprint density at radius 2 is 1.90 bits per heavy atom. The molecule has 0 radical (unpaired) electrons. The maximum Gasteiger partial charge on any atom is 0.453 e. The predicted molar refractivity (Wildman–Crippen MR) is 65.9 cm³/mol. The second kappa shape index (κ2) is 5.30. The van der Waals surface area contributed by atoms with Crippen molar-refractivity contribution in [3.05, 3.63) is 22.8 Å². The maximum absolute atomic E-state index is 12.7. The average Bonchev–Trinajstić information content (AvgIpc) is 2.80. The molecule has 2 heterocycles. The number of halogens is 3. The second-order valence-corrected chi connectivity index (χ2v) is 4.41. The van der Waals surface area contributed by atoms with E-state index in [4.69, 9.17) is 5.11 Å². The van der Waals surface area contributed by atoms with Gasteiger partial charge in [0.2, 0.25) is 0 Å². The van der Waals surface area contributed by atoms with Crippen molar-refractivity contribution in [1.82, 2.24) is 19.6 Å². The normalized spacial score (nSPS) is 12.0. The van der Waals surface area contributed by atoms with Gasteiger partial charge in [-0.3, -0.25) is 4.79 Å². The lowest BCUT2D eigenvalue weighted by atomic mass is 10.0. The van der Waals surface area contributed by atoms with Gasteiger partial charge in [0.25, 0.3) is 11.6 Å². The summed E-state index contributed by atoms with van der Waals surface area (Å²) in [6, 6.07) is 0. The van der Waals surface area contributed by atoms with Gasteiger partial charge in [-0.25, -0.2) is 9.50 Å². The molecule has 0 aliphatic heterocycles. The lowest BCUT2D eigenvalue weighted by molar-refractivity contribution is -0.144. The quantitative estimate of drug-likeness (QED) is 0.933. The molecule has 0 atom stereocenters. The van der Waals surface area contributed by atoms with E-state index in [-0.39, 0.29) is 12.2 Å². The maximum atomic E-state index is 12.7. The molecule has 0 unspecified atom stereocenters. The van der Waals surface area contributed by atoms with Crippen LogP contribution in [0.4, 0.5) is 13.2 Å². The first-order valence-electron chi connectivity index (χ1n) is 6.34. The molecule has 21 heavy (non-hydrogen) atoms. The Labute approximate surface area is 117 Å². The van der Waals surface area contributed by atoms with Crippen molar-refractivity contribution in [2.24, 2.45) is 0 Å². The van der Waals surface area contributed by atoms with Crippen LogP contribution < -0.4 is 0 Å². The summed E-state index contributed by atoms with van der Waals surface area (Å²) in [6.07, 6.45) is -4.25. The van der Waals surface area contributed by atoms with Gasteiger partial charge in [0.15, 0.2) is 0 Å². The fraction of sp³-hybridized carbons (Fsp3) is 0.500. The first-order valence-corrected chi connectivity index (χ1v) is 6.34. The van der Waals surface area contributed by atoms with Crippen molar-refractivity contribution < 1.29 is 23.1 Å². The highest BCUT2D eigenvalue weighted by molar-refractivity contribution is 5.71. The minimum absolute atomic E-state index is 0.162. The van der Waals surface area contributed by atoms with Crippen LogP contribution in [0, 0.1) is 0 Å². The van der Waals surface area contributed by atoms with Crippen molar-refractivity contribution in [3.8, 4) is 0 Å². The standard InChI is InChI=1S/C12H13F3N4O2/c1-3-7-6(5-9(20)21)8(4-2)19-11(16-7)17-10(18-19)12(13,14)15/h3-5H2,1-2H3,(H,20,21). The van der Waals surface area contributed by atoms with Crippen molar-refractivity contribution in [1.29, 1.82) is 0 Å². The lowest BCUT2D eigenvalue weighted by Gasteiger charge is -2.11. The van der Waals surface area contributed by atoms with Crippen LogP contribution in [0.1, 0.15) is 36.6 Å². The fourth-order valence-electron chi connectivity index (χ4n) is 2.17. The molecule has 0 fully saturated rings. The number of carboxylic acids is 1. The first kappa shape index (κ1) is 15.2. The van der Waals surface area contributed by atoms with E-state index in [1.165, 1.54) is 0 Å². The van der Waals surface area contributed by atoms with Gasteiger partial charge in [-0.05, 0) is 12.8 Å². The Morgan fingerprint density at radius 1 is 1.24 bits per heavy atom. The zero-order valence-electron chi connectivity index (χ0n) is 11.4. The van der Waals surface area contributed by atoms with Gasteiger partial charge in [-0.2, -0.15) is 18.2 Å². The molecule has 9 heteroatoms. The summed E-state index contributed by atoms with van der Waals surface area (Å²) in [7, 11) is 0. The summed E-state index contributed by atoms with van der Waals surface area (Å²) in [5.41, 5.74) is 1.23. The highest BCUT2D eigenvalue weighted by atomic mass is 19.4. The van der Waals surface area contributed by atoms with Gasteiger partial charge in [-0.1, -0.05) is 13.8 Å². The molecule has 1 N–H and O–H groups in total. The largest absolute Gasteiger partial charge is 0.481 e. The second-order valence-electron chi connectivity index (χ2n) is 4.41. The summed E-state index contributed by atoms with van der Waals surface area (Å²) < 4.78 is 39.1. The molecule has 0 spiro atoms. The Kier molecular flexibility index (Phi) is 3.84. The molecular weight excluding hydrogens is 289 g/mol. The zero-order chi connectivity index (χ0) is 15.8. The van der Waals surface area contributed by atoms with E-state index in [0.717, 1.165) is 4.52 Å². The van der Waals surface area contributed by atoms with E-state index in [1.807, 2.05) is 0 Å². The number of nitrogens with zero attached hydrogens (tertiary/aromatic N) is 4. The smallest absolute Gasteiger partial charge is 0.453 e. The summed E-state index contributed by atoms with van der Waals surface area (Å²) in [6.45, 7) is 3.47. The van der Waals surface area contributed by atoms with E-state index >= 15 is 0 Å². The molecule has 0 saturated heterocycles. The summed E-state index contributed by atoms with van der Waals surface area (Å²) >= 11 is 0. The highest BCUT2D eigenvalue weighted by Crippen LogP contribution is 2.27. The van der Waals surface area contributed by atoms with Crippen LogP contribution >= 0.6 is 0 Å². The SMILES string of the molecule is CCc1nc2nc(C(F)(F)F)nn2c(CC)c1CC(=O)O. The predicted octanol–water partition coefficient (Wildman–Crippen LogP) is 1.89. The molecule has 0 bridgehead atoms. The van der Waals surface area contributed by atoms with Gasteiger partial charge in [0.1, 0.15) is 0 Å². The van der Waals surface area contributed by atoms with E-state index in [1.54, 1.807) is 13.8 Å². The number of hydrogen-bond acceptors (Lipinski definition) is 4. The van der Waals surface area contributed by atoms with Gasteiger partial charge in [-0.15, -0.1) is 5.10 Å². The lowest BCUT2D eigenvalue weighted by Crippen LogP contribution is -2.14. The van der Waals surface area contributed by atoms with Crippen LogP contribution in [0.2, 0.25) is 0 Å². The fourth-order valence-corrected chi connectivity index (χ4v) is 2.17. The Bertz CT molecular complexity index is 694. The van der Waals surface area contributed by atoms with Crippen molar-refractivity contribution in [2.75, 3.05) is 0 Å². The summed E-state index contributed by atoms with van der Waals surface area (Å²) in [5.74, 6) is -2.51. The van der Waals surface area contributed by atoms with Crippen LogP contribution in [0.15, 0.2) is 0 Å². The molecule has 0 aromatic carbocycles. The van der Waals surface area contributed by atoms with E-state index in [2.05, 4.69) is 15.1 Å². The Balaban J connectivity index is 2.75. The van der Waals surface area contributed by atoms with E-state index < -0.39 is 18.0 Å². The third-order valence-electron chi connectivity index (χ3n) is 3.03. The van der Waals surface area contributed by atoms with Gasteiger partial charge in [0, 0.05) is 11.3 Å². The molecule has 0 aliphatic rings. The zero-order valence-corrected chi connectivity index (χ0v) is 11.4. The molecule has 114 valence electrons. The highest BCUT2D eigenvalue weighted by Gasteiger charge is 2.37. The Hall–Kier alpha value is -2.19. The van der Waals surface area contributed by atoms with E-state index in [9.17, 15) is 18.0 Å². The third-order valence-corrected chi connectivity index (χ3v) is 3.03. The van der Waals surface area contributed by atoms with Crippen molar-refractivity contribution >= 4 is 11.7 Å². The minimum atomic E-state index is -4.67. The number of aliphatic carboxylic acids is 1. The number of carbonyl (C=O) groups is 1. The van der Waals surface area contributed by atoms with Crippen LogP contribution in [-0.2, 0) is 30.2 Å². The number of rotatable bonds is 4. The molecule has 2 rings (SSSR count). The summed E-state index contributed by atoms with van der Waals surface area (Å²) in [4.78, 5) is 18.4. The van der Waals surface area contributed by atoms with Crippen LogP contribution in [0.3, 0.4) is 0 Å². The molecule has 0 amide bonds. The van der Waals surface area contributed by atoms with Crippen molar-refractivity contribution in [3.63, 3.8) is 0 Å². The van der Waals surface area contributed by atoms with E-state index in [0.29, 0.717) is 29.8 Å². The molecule has 0 aliphatic carbocycles. The summed E-state index contributed by atoms with van der Waals surface area (Å²) in [5, 5.41) is 12.4. The number of aromatic nitrogens is 4. The van der Waals surface area contributed by atoms with Crippen LogP contribution in [0.5, 0.6) is 0 Å². The topological polar surface area (TPSA) is 80.4 Å². The van der Waals surface area contributed by atoms with Crippen LogP contribution in [-0.4, -0.2) is 30.7 Å². The molecule has 2 aromatic heterocycles. The third kappa shape index (κ3) is 2.81. The van der Waals surface area contributed by atoms with Gasteiger partial charge < -0.3 is 5.11 Å². The molecule has 6 nitrogen and oxygen atoms in total. The molecular formula is C12H13F3N4O2. The van der Waals surface area contributed by atoms with Gasteiger partial charge in [0.05, 0.1) is 12.1 Å². The number of aryl methyl sites for hydroxylation is 2. The number of fused-ring (bicyclic) bond motifs is 1. The number of carboxylic acid groups (broad SMARTS) is 1. The number of hydrogen-bond donors (Lipinski definition) is 1. The molecule has 2 aromatic rings.